The minimum atomic E-state index is 0.186. The Hall–Kier alpha value is -0.970. The van der Waals surface area contributed by atoms with Crippen LogP contribution in [-0.4, -0.2) is 23.8 Å². The van der Waals surface area contributed by atoms with Gasteiger partial charge in [-0.1, -0.05) is 34.1 Å². The standard InChI is InChI=1S/C15H14BrNOS/c16-13-4-2-1-3-12(13)14(18)10-17-7-5-15-11(9-17)6-8-19-15/h1-4,6,8H,5,7,9-10H2. The van der Waals surface area contributed by atoms with E-state index < -0.39 is 0 Å². The molecule has 1 aliphatic heterocycles. The number of fused-ring (bicyclic) bond motifs is 1. The zero-order chi connectivity index (χ0) is 13.2. The van der Waals surface area contributed by atoms with Gasteiger partial charge in [-0.15, -0.1) is 11.3 Å². The lowest BCUT2D eigenvalue weighted by molar-refractivity contribution is 0.0921. The molecule has 98 valence electrons. The number of thiophene rings is 1. The van der Waals surface area contributed by atoms with Gasteiger partial charge in [0.2, 0.25) is 0 Å². The van der Waals surface area contributed by atoms with Crippen molar-refractivity contribution in [2.24, 2.45) is 0 Å². The molecule has 0 aliphatic carbocycles. The zero-order valence-corrected chi connectivity index (χ0v) is 12.8. The fourth-order valence-electron chi connectivity index (χ4n) is 2.42. The molecule has 0 amide bonds. The molecule has 0 N–H and O–H groups in total. The van der Waals surface area contributed by atoms with Crippen molar-refractivity contribution in [1.29, 1.82) is 0 Å². The van der Waals surface area contributed by atoms with Crippen molar-refractivity contribution < 1.29 is 4.79 Å². The molecular formula is C15H14BrNOS. The molecule has 19 heavy (non-hydrogen) atoms. The van der Waals surface area contributed by atoms with E-state index in [1.54, 1.807) is 0 Å². The van der Waals surface area contributed by atoms with Crippen molar-refractivity contribution in [3.05, 3.63) is 56.2 Å². The lowest BCUT2D eigenvalue weighted by Gasteiger charge is -2.26. The molecule has 0 atom stereocenters. The quantitative estimate of drug-likeness (QED) is 0.796. The first-order valence-electron chi connectivity index (χ1n) is 6.29. The van der Waals surface area contributed by atoms with Crippen molar-refractivity contribution in [2.45, 2.75) is 13.0 Å². The number of benzene rings is 1. The summed E-state index contributed by atoms with van der Waals surface area (Å²) in [5.74, 6) is 0.186. The Kier molecular flexibility index (Phi) is 3.82. The van der Waals surface area contributed by atoms with Crippen LogP contribution >= 0.6 is 27.3 Å². The van der Waals surface area contributed by atoms with Crippen molar-refractivity contribution >= 4 is 33.0 Å². The first kappa shape index (κ1) is 13.0. The van der Waals surface area contributed by atoms with E-state index in [0.29, 0.717) is 6.54 Å². The molecule has 1 aromatic heterocycles. The Morgan fingerprint density at radius 3 is 3.00 bits per heavy atom. The van der Waals surface area contributed by atoms with Gasteiger partial charge < -0.3 is 0 Å². The SMILES string of the molecule is O=C(CN1CCc2sccc2C1)c1ccccc1Br. The molecule has 4 heteroatoms. The predicted molar refractivity (Wildman–Crippen MR) is 81.8 cm³/mol. The van der Waals surface area contributed by atoms with E-state index in [9.17, 15) is 4.79 Å². The number of halogens is 1. The number of carbonyl (C=O) groups excluding carboxylic acids is 1. The number of hydrogen-bond acceptors (Lipinski definition) is 3. The van der Waals surface area contributed by atoms with Crippen molar-refractivity contribution in [3.8, 4) is 0 Å². The van der Waals surface area contributed by atoms with Gasteiger partial charge >= 0.3 is 0 Å². The van der Waals surface area contributed by atoms with Crippen LogP contribution in [0.2, 0.25) is 0 Å². The maximum atomic E-state index is 12.3. The summed E-state index contributed by atoms with van der Waals surface area (Å²) in [5.41, 5.74) is 2.16. The molecule has 0 fully saturated rings. The lowest BCUT2D eigenvalue weighted by atomic mass is 10.1. The molecule has 0 unspecified atom stereocenters. The summed E-state index contributed by atoms with van der Waals surface area (Å²) in [5, 5.41) is 2.14. The number of hydrogen-bond donors (Lipinski definition) is 0. The molecule has 0 bridgehead atoms. The summed E-state index contributed by atoms with van der Waals surface area (Å²) in [4.78, 5) is 16.0. The highest BCUT2D eigenvalue weighted by atomic mass is 79.9. The zero-order valence-electron chi connectivity index (χ0n) is 10.4. The third-order valence-corrected chi connectivity index (χ3v) is 5.14. The molecule has 0 radical (unpaired) electrons. The number of rotatable bonds is 3. The van der Waals surface area contributed by atoms with Gasteiger partial charge in [0.25, 0.3) is 0 Å². The molecule has 0 saturated heterocycles. The normalized spacial score (nSPS) is 15.2. The third-order valence-electron chi connectivity index (χ3n) is 3.43. The summed E-state index contributed by atoms with van der Waals surface area (Å²) in [6.45, 7) is 2.37. The number of carbonyl (C=O) groups is 1. The van der Waals surface area contributed by atoms with E-state index >= 15 is 0 Å². The second-order valence-electron chi connectivity index (χ2n) is 4.73. The summed E-state index contributed by atoms with van der Waals surface area (Å²) in [6.07, 6.45) is 1.07. The highest BCUT2D eigenvalue weighted by Crippen LogP contribution is 2.24. The Balaban J connectivity index is 1.70. The monoisotopic (exact) mass is 335 g/mol. The number of nitrogens with zero attached hydrogens (tertiary/aromatic N) is 1. The van der Waals surface area contributed by atoms with Crippen LogP contribution in [0.3, 0.4) is 0 Å². The maximum absolute atomic E-state index is 12.3. The van der Waals surface area contributed by atoms with Crippen LogP contribution in [0.4, 0.5) is 0 Å². The van der Waals surface area contributed by atoms with Crippen LogP contribution in [0.5, 0.6) is 0 Å². The molecular weight excluding hydrogens is 322 g/mol. The second-order valence-corrected chi connectivity index (χ2v) is 6.59. The van der Waals surface area contributed by atoms with Crippen molar-refractivity contribution in [1.82, 2.24) is 4.90 Å². The van der Waals surface area contributed by atoms with Gasteiger partial charge in [0.1, 0.15) is 0 Å². The minimum Gasteiger partial charge on any atom is -0.293 e. The molecule has 2 nitrogen and oxygen atoms in total. The molecule has 3 rings (SSSR count). The molecule has 0 spiro atoms. The molecule has 1 aromatic carbocycles. The Morgan fingerprint density at radius 1 is 1.32 bits per heavy atom. The number of Topliss-reactive ketones (excluding diaryl/α,β-unsaturated/α-hetero) is 1. The average Bonchev–Trinajstić information content (AvgIpc) is 2.86. The van der Waals surface area contributed by atoms with Crippen LogP contribution in [0.1, 0.15) is 20.8 Å². The van der Waals surface area contributed by atoms with Crippen LogP contribution < -0.4 is 0 Å². The average molecular weight is 336 g/mol. The topological polar surface area (TPSA) is 20.3 Å². The molecule has 2 aromatic rings. The second kappa shape index (κ2) is 5.57. The Bertz CT molecular complexity index is 608. The fraction of sp³-hybridized carbons (Fsp3) is 0.267. The van der Waals surface area contributed by atoms with Gasteiger partial charge in [-0.25, -0.2) is 0 Å². The van der Waals surface area contributed by atoms with E-state index in [-0.39, 0.29) is 5.78 Å². The first-order chi connectivity index (χ1) is 9.24. The van der Waals surface area contributed by atoms with Gasteiger partial charge in [-0.05, 0) is 29.5 Å². The predicted octanol–water partition coefficient (Wildman–Crippen LogP) is 3.75. The third kappa shape index (κ3) is 2.81. The van der Waals surface area contributed by atoms with Crippen molar-refractivity contribution in [3.63, 3.8) is 0 Å². The van der Waals surface area contributed by atoms with Gasteiger partial charge in [0, 0.05) is 28.0 Å². The lowest BCUT2D eigenvalue weighted by Crippen LogP contribution is -2.34. The molecule has 0 saturated carbocycles. The minimum absolute atomic E-state index is 0.186. The van der Waals surface area contributed by atoms with Crippen LogP contribution in [0.25, 0.3) is 0 Å². The van der Waals surface area contributed by atoms with Gasteiger partial charge in [-0.3, -0.25) is 9.69 Å². The maximum Gasteiger partial charge on any atom is 0.177 e. The van der Waals surface area contributed by atoms with E-state index in [1.165, 1.54) is 10.4 Å². The highest BCUT2D eigenvalue weighted by molar-refractivity contribution is 9.10. The first-order valence-corrected chi connectivity index (χ1v) is 7.96. The largest absolute Gasteiger partial charge is 0.293 e. The molecule has 2 heterocycles. The van der Waals surface area contributed by atoms with E-state index in [2.05, 4.69) is 32.3 Å². The molecule has 1 aliphatic rings. The van der Waals surface area contributed by atoms with Crippen molar-refractivity contribution in [2.75, 3.05) is 13.1 Å². The van der Waals surface area contributed by atoms with E-state index in [0.717, 1.165) is 29.5 Å². The van der Waals surface area contributed by atoms with Crippen LogP contribution in [-0.2, 0) is 13.0 Å². The highest BCUT2D eigenvalue weighted by Gasteiger charge is 2.20. The van der Waals surface area contributed by atoms with Gasteiger partial charge in [0.05, 0.1) is 6.54 Å². The fourth-order valence-corrected chi connectivity index (χ4v) is 3.81. The van der Waals surface area contributed by atoms with Crippen LogP contribution in [0, 0.1) is 0 Å². The smallest absolute Gasteiger partial charge is 0.177 e. The van der Waals surface area contributed by atoms with E-state index in [4.69, 9.17) is 0 Å². The summed E-state index contributed by atoms with van der Waals surface area (Å²) in [7, 11) is 0. The van der Waals surface area contributed by atoms with E-state index in [1.807, 2.05) is 35.6 Å². The van der Waals surface area contributed by atoms with Crippen LogP contribution in [0.15, 0.2) is 40.2 Å². The summed E-state index contributed by atoms with van der Waals surface area (Å²) < 4.78 is 0.883. The Morgan fingerprint density at radius 2 is 2.16 bits per heavy atom. The summed E-state index contributed by atoms with van der Waals surface area (Å²) >= 11 is 5.27. The Labute approximate surface area is 125 Å². The van der Waals surface area contributed by atoms with Gasteiger partial charge in [-0.2, -0.15) is 0 Å². The number of ketones is 1. The summed E-state index contributed by atoms with van der Waals surface area (Å²) in [6, 6.07) is 9.81. The van der Waals surface area contributed by atoms with Gasteiger partial charge in [0.15, 0.2) is 5.78 Å².